The number of rotatable bonds is 8. The van der Waals surface area contributed by atoms with E-state index in [2.05, 4.69) is 19.6 Å². The minimum Gasteiger partial charge on any atom is -0.495 e. The van der Waals surface area contributed by atoms with E-state index in [0.717, 1.165) is 24.5 Å². The van der Waals surface area contributed by atoms with Crippen molar-refractivity contribution < 1.29 is 22.6 Å². The summed E-state index contributed by atoms with van der Waals surface area (Å²) in [4.78, 5) is 10.9. The molecule has 1 saturated heterocycles. The maximum atomic E-state index is 12.6. The molecule has 10 heteroatoms. The fourth-order valence-corrected chi connectivity index (χ4v) is 4.12. The highest BCUT2D eigenvalue weighted by molar-refractivity contribution is 7.89. The summed E-state index contributed by atoms with van der Waals surface area (Å²) < 4.78 is 43.9. The summed E-state index contributed by atoms with van der Waals surface area (Å²) in [6, 6.07) is 6.70. The number of aryl methyl sites for hydroxylation is 2. The molecule has 0 radical (unpaired) electrons. The van der Waals surface area contributed by atoms with Gasteiger partial charge in [0, 0.05) is 25.7 Å². The SMILES string of the molecule is COc1cc(C)ccc1S(=O)(=O)NCCOc1cc(N2CCOCC2)nc(C)n1. The van der Waals surface area contributed by atoms with Crippen LogP contribution in [-0.2, 0) is 14.8 Å². The molecular formula is C19H26N4O5S. The van der Waals surface area contributed by atoms with Crippen LogP contribution in [0, 0.1) is 13.8 Å². The summed E-state index contributed by atoms with van der Waals surface area (Å²) in [6.45, 7) is 6.72. The van der Waals surface area contributed by atoms with E-state index in [0.29, 0.717) is 30.7 Å². The summed E-state index contributed by atoms with van der Waals surface area (Å²) in [5, 5.41) is 0. The van der Waals surface area contributed by atoms with Gasteiger partial charge in [0.15, 0.2) is 0 Å². The standard InChI is InChI=1S/C19H26N4O5S/c1-14-4-5-17(16(12-14)26-3)29(24,25)20-6-9-28-19-13-18(21-15(2)22-19)23-7-10-27-11-8-23/h4-5,12-13,20H,6-11H2,1-3H3. The Hall–Kier alpha value is -2.43. The molecule has 1 aliphatic rings. The summed E-state index contributed by atoms with van der Waals surface area (Å²) in [7, 11) is -2.27. The van der Waals surface area contributed by atoms with Gasteiger partial charge in [-0.1, -0.05) is 6.07 Å². The van der Waals surface area contributed by atoms with Crippen molar-refractivity contribution in [1.82, 2.24) is 14.7 Å². The largest absolute Gasteiger partial charge is 0.495 e. The van der Waals surface area contributed by atoms with E-state index in [1.165, 1.54) is 13.2 Å². The van der Waals surface area contributed by atoms with Gasteiger partial charge in [-0.2, -0.15) is 4.98 Å². The molecule has 1 fully saturated rings. The Morgan fingerprint density at radius 2 is 1.93 bits per heavy atom. The molecule has 1 aliphatic heterocycles. The van der Waals surface area contributed by atoms with Gasteiger partial charge in [-0.3, -0.25) is 0 Å². The number of nitrogens with zero attached hydrogens (tertiary/aromatic N) is 3. The first-order valence-electron chi connectivity index (χ1n) is 9.34. The predicted octanol–water partition coefficient (Wildman–Crippen LogP) is 1.30. The highest BCUT2D eigenvalue weighted by Crippen LogP contribution is 2.24. The fourth-order valence-electron chi connectivity index (χ4n) is 2.96. The summed E-state index contributed by atoms with van der Waals surface area (Å²) in [6.07, 6.45) is 0. The Balaban J connectivity index is 1.59. The van der Waals surface area contributed by atoms with E-state index >= 15 is 0 Å². The van der Waals surface area contributed by atoms with Crippen molar-refractivity contribution in [3.05, 3.63) is 35.7 Å². The number of hydrogen-bond donors (Lipinski definition) is 1. The van der Waals surface area contributed by atoms with Gasteiger partial charge in [0.2, 0.25) is 15.9 Å². The van der Waals surface area contributed by atoms with Crippen molar-refractivity contribution in [2.24, 2.45) is 0 Å². The van der Waals surface area contributed by atoms with Gasteiger partial charge < -0.3 is 19.1 Å². The molecular weight excluding hydrogens is 396 g/mol. The van der Waals surface area contributed by atoms with E-state index in [1.807, 2.05) is 6.92 Å². The third-order valence-corrected chi connectivity index (χ3v) is 5.89. The van der Waals surface area contributed by atoms with Gasteiger partial charge in [-0.05, 0) is 31.5 Å². The van der Waals surface area contributed by atoms with Crippen LogP contribution >= 0.6 is 0 Å². The molecule has 0 spiro atoms. The lowest BCUT2D eigenvalue weighted by Gasteiger charge is -2.28. The quantitative estimate of drug-likeness (QED) is 0.635. The Morgan fingerprint density at radius 3 is 2.66 bits per heavy atom. The lowest BCUT2D eigenvalue weighted by molar-refractivity contribution is 0.122. The van der Waals surface area contributed by atoms with Crippen LogP contribution in [0.4, 0.5) is 5.82 Å². The predicted molar refractivity (Wildman–Crippen MR) is 108 cm³/mol. The van der Waals surface area contributed by atoms with Crippen LogP contribution in [0.3, 0.4) is 0 Å². The molecule has 2 aromatic rings. The van der Waals surface area contributed by atoms with Crippen molar-refractivity contribution in [3.63, 3.8) is 0 Å². The van der Waals surface area contributed by atoms with Crippen molar-refractivity contribution in [2.75, 3.05) is 51.5 Å². The molecule has 0 saturated carbocycles. The third kappa shape index (κ3) is 5.55. The molecule has 0 bridgehead atoms. The van der Waals surface area contributed by atoms with Crippen LogP contribution in [0.5, 0.6) is 11.6 Å². The van der Waals surface area contributed by atoms with Gasteiger partial charge in [0.1, 0.15) is 28.9 Å². The van der Waals surface area contributed by atoms with Crippen LogP contribution < -0.4 is 19.1 Å². The first kappa shape index (κ1) is 21.3. The molecule has 1 aromatic carbocycles. The molecule has 29 heavy (non-hydrogen) atoms. The van der Waals surface area contributed by atoms with Gasteiger partial charge in [0.05, 0.1) is 20.3 Å². The molecule has 2 heterocycles. The van der Waals surface area contributed by atoms with Crippen LogP contribution in [-0.4, -0.2) is 65.0 Å². The normalized spacial score (nSPS) is 14.7. The number of ether oxygens (including phenoxy) is 3. The molecule has 1 aromatic heterocycles. The first-order chi connectivity index (χ1) is 13.9. The smallest absolute Gasteiger partial charge is 0.244 e. The van der Waals surface area contributed by atoms with Crippen molar-refractivity contribution >= 4 is 15.8 Å². The second-order valence-corrected chi connectivity index (χ2v) is 8.35. The number of nitrogens with one attached hydrogen (secondary N) is 1. The second kappa shape index (κ2) is 9.38. The summed E-state index contributed by atoms with van der Waals surface area (Å²) >= 11 is 0. The van der Waals surface area contributed by atoms with E-state index in [4.69, 9.17) is 14.2 Å². The van der Waals surface area contributed by atoms with Gasteiger partial charge >= 0.3 is 0 Å². The molecule has 0 unspecified atom stereocenters. The van der Waals surface area contributed by atoms with E-state index in [-0.39, 0.29) is 18.0 Å². The van der Waals surface area contributed by atoms with Gasteiger partial charge in [0.25, 0.3) is 0 Å². The number of benzene rings is 1. The molecule has 3 rings (SSSR count). The number of morpholine rings is 1. The van der Waals surface area contributed by atoms with E-state index in [1.54, 1.807) is 25.1 Å². The van der Waals surface area contributed by atoms with Crippen molar-refractivity contribution in [3.8, 4) is 11.6 Å². The second-order valence-electron chi connectivity index (χ2n) is 6.61. The highest BCUT2D eigenvalue weighted by atomic mass is 32.2. The summed E-state index contributed by atoms with van der Waals surface area (Å²) in [5.74, 6) is 2.08. The van der Waals surface area contributed by atoms with Crippen LogP contribution in [0.25, 0.3) is 0 Å². The lowest BCUT2D eigenvalue weighted by atomic mass is 10.2. The van der Waals surface area contributed by atoms with Crippen molar-refractivity contribution in [1.29, 1.82) is 0 Å². The molecule has 0 atom stereocenters. The molecule has 9 nitrogen and oxygen atoms in total. The average molecular weight is 423 g/mol. The topological polar surface area (TPSA) is 103 Å². The molecule has 158 valence electrons. The maximum absolute atomic E-state index is 12.6. The Kier molecular flexibility index (Phi) is 6.88. The zero-order chi connectivity index (χ0) is 20.9. The molecule has 0 amide bonds. The summed E-state index contributed by atoms with van der Waals surface area (Å²) in [5.41, 5.74) is 0.916. The minimum absolute atomic E-state index is 0.0926. The van der Waals surface area contributed by atoms with Gasteiger partial charge in [-0.25, -0.2) is 18.1 Å². The first-order valence-corrected chi connectivity index (χ1v) is 10.8. The van der Waals surface area contributed by atoms with E-state index < -0.39 is 10.0 Å². The third-order valence-electron chi connectivity index (χ3n) is 4.39. The van der Waals surface area contributed by atoms with Crippen molar-refractivity contribution in [2.45, 2.75) is 18.7 Å². The van der Waals surface area contributed by atoms with Gasteiger partial charge in [-0.15, -0.1) is 0 Å². The minimum atomic E-state index is -3.72. The molecule has 0 aliphatic carbocycles. The fraction of sp³-hybridized carbons (Fsp3) is 0.474. The zero-order valence-corrected chi connectivity index (χ0v) is 17.7. The number of methoxy groups -OCH3 is 1. The number of sulfonamides is 1. The lowest BCUT2D eigenvalue weighted by Crippen LogP contribution is -2.37. The van der Waals surface area contributed by atoms with Crippen LogP contribution in [0.15, 0.2) is 29.2 Å². The monoisotopic (exact) mass is 422 g/mol. The number of anilines is 1. The van der Waals surface area contributed by atoms with Crippen LogP contribution in [0.2, 0.25) is 0 Å². The highest BCUT2D eigenvalue weighted by Gasteiger charge is 2.19. The van der Waals surface area contributed by atoms with E-state index in [9.17, 15) is 8.42 Å². The molecule has 1 N–H and O–H groups in total. The number of aromatic nitrogens is 2. The Morgan fingerprint density at radius 1 is 1.17 bits per heavy atom. The zero-order valence-electron chi connectivity index (χ0n) is 16.8. The maximum Gasteiger partial charge on any atom is 0.244 e. The Labute approximate surface area is 171 Å². The Bertz CT molecular complexity index is 946. The number of hydrogen-bond acceptors (Lipinski definition) is 8. The average Bonchev–Trinajstić information content (AvgIpc) is 2.71. The van der Waals surface area contributed by atoms with Crippen LogP contribution in [0.1, 0.15) is 11.4 Å².